The van der Waals surface area contributed by atoms with Gasteiger partial charge in [-0.15, -0.1) is 0 Å². The summed E-state index contributed by atoms with van der Waals surface area (Å²) >= 11 is 5.98. The summed E-state index contributed by atoms with van der Waals surface area (Å²) in [5.74, 6) is 1.05. The molecule has 0 atom stereocenters. The topological polar surface area (TPSA) is 61.6 Å². The maximum Gasteiger partial charge on any atom is 0.270 e. The Morgan fingerprint density at radius 3 is 2.60 bits per heavy atom. The Morgan fingerprint density at radius 2 is 1.95 bits per heavy atom. The van der Waals surface area contributed by atoms with Crippen molar-refractivity contribution in [2.75, 3.05) is 7.11 Å². The predicted octanol–water partition coefficient (Wildman–Crippen LogP) is 3.84. The van der Waals surface area contributed by atoms with E-state index in [1.54, 1.807) is 30.3 Å². The fourth-order valence-corrected chi connectivity index (χ4v) is 1.90. The highest BCUT2D eigenvalue weighted by Gasteiger charge is 2.12. The number of hydrogen-bond donors (Lipinski definition) is 0. The Bertz CT molecular complexity index is 630. The van der Waals surface area contributed by atoms with Crippen LogP contribution in [-0.2, 0) is 6.61 Å². The first-order valence-electron chi connectivity index (χ1n) is 5.80. The molecule has 20 heavy (non-hydrogen) atoms. The van der Waals surface area contributed by atoms with Gasteiger partial charge < -0.3 is 9.47 Å². The highest BCUT2D eigenvalue weighted by atomic mass is 35.5. The molecule has 0 aromatic heterocycles. The van der Waals surface area contributed by atoms with E-state index in [9.17, 15) is 10.1 Å². The summed E-state index contributed by atoms with van der Waals surface area (Å²) in [7, 11) is 1.50. The Hall–Kier alpha value is -2.27. The molecule has 0 spiro atoms. The summed E-state index contributed by atoms with van der Waals surface area (Å²) in [4.78, 5) is 10.3. The summed E-state index contributed by atoms with van der Waals surface area (Å²) in [6.07, 6.45) is 0. The normalized spacial score (nSPS) is 10.1. The molecule has 0 aliphatic heterocycles. The lowest BCUT2D eigenvalue weighted by atomic mass is 10.2. The van der Waals surface area contributed by atoms with Crippen molar-refractivity contribution in [2.45, 2.75) is 6.61 Å². The Morgan fingerprint density at radius 1 is 1.20 bits per heavy atom. The van der Waals surface area contributed by atoms with Gasteiger partial charge in [-0.05, 0) is 18.2 Å². The molecule has 0 amide bonds. The average molecular weight is 294 g/mol. The van der Waals surface area contributed by atoms with Gasteiger partial charge in [0.1, 0.15) is 18.1 Å². The fraction of sp³-hybridized carbons (Fsp3) is 0.143. The van der Waals surface area contributed by atoms with Gasteiger partial charge in [0.05, 0.1) is 17.1 Å². The summed E-state index contributed by atoms with van der Waals surface area (Å²) in [6.45, 7) is 0.134. The second-order valence-corrected chi connectivity index (χ2v) is 4.38. The molecule has 2 aromatic carbocycles. The third kappa shape index (κ3) is 3.19. The van der Waals surface area contributed by atoms with Gasteiger partial charge in [0.15, 0.2) is 0 Å². The molecule has 0 unspecified atom stereocenters. The number of non-ortho nitro benzene ring substituents is 1. The van der Waals surface area contributed by atoms with Crippen LogP contribution in [0.15, 0.2) is 42.5 Å². The summed E-state index contributed by atoms with van der Waals surface area (Å²) in [6, 6.07) is 11.4. The van der Waals surface area contributed by atoms with Gasteiger partial charge in [-0.2, -0.15) is 0 Å². The molecule has 0 aliphatic carbocycles. The zero-order valence-corrected chi connectivity index (χ0v) is 11.5. The Balaban J connectivity index is 2.22. The number of rotatable bonds is 5. The van der Waals surface area contributed by atoms with Crippen molar-refractivity contribution in [3.05, 3.63) is 63.2 Å². The molecule has 0 radical (unpaired) electrons. The lowest BCUT2D eigenvalue weighted by Gasteiger charge is -2.11. The second kappa shape index (κ2) is 6.25. The van der Waals surface area contributed by atoms with Crippen LogP contribution in [-0.4, -0.2) is 12.0 Å². The van der Waals surface area contributed by atoms with Crippen LogP contribution in [0.5, 0.6) is 11.5 Å². The number of para-hydroxylation sites is 1. The SMILES string of the molecule is COc1ccc([N+](=O)[O-])cc1COc1ccccc1Cl. The van der Waals surface area contributed by atoms with Crippen LogP contribution in [0, 0.1) is 10.1 Å². The monoisotopic (exact) mass is 293 g/mol. The van der Waals surface area contributed by atoms with E-state index in [-0.39, 0.29) is 12.3 Å². The molecule has 0 saturated carbocycles. The molecular formula is C14H12ClNO4. The molecule has 6 heteroatoms. The van der Waals surface area contributed by atoms with E-state index in [1.165, 1.54) is 19.2 Å². The number of nitro benzene ring substituents is 1. The van der Waals surface area contributed by atoms with Crippen LogP contribution < -0.4 is 9.47 Å². The molecule has 0 heterocycles. The highest BCUT2D eigenvalue weighted by Crippen LogP contribution is 2.28. The molecular weight excluding hydrogens is 282 g/mol. The van der Waals surface area contributed by atoms with Crippen molar-refractivity contribution in [3.63, 3.8) is 0 Å². The molecule has 104 valence electrons. The third-order valence-corrected chi connectivity index (χ3v) is 3.01. The van der Waals surface area contributed by atoms with Gasteiger partial charge in [0, 0.05) is 17.7 Å². The Kier molecular flexibility index (Phi) is 4.42. The number of benzene rings is 2. The van der Waals surface area contributed by atoms with E-state index < -0.39 is 4.92 Å². The first-order chi connectivity index (χ1) is 9.61. The minimum Gasteiger partial charge on any atom is -0.496 e. The highest BCUT2D eigenvalue weighted by molar-refractivity contribution is 6.32. The van der Waals surface area contributed by atoms with Crippen LogP contribution in [0.4, 0.5) is 5.69 Å². The molecule has 0 bridgehead atoms. The average Bonchev–Trinajstić information content (AvgIpc) is 2.46. The predicted molar refractivity (Wildman–Crippen MR) is 75.4 cm³/mol. The standard InChI is InChI=1S/C14H12ClNO4/c1-19-13-7-6-11(16(17)18)8-10(13)9-20-14-5-3-2-4-12(14)15/h2-8H,9H2,1H3. The fourth-order valence-electron chi connectivity index (χ4n) is 1.71. The van der Waals surface area contributed by atoms with Crippen molar-refractivity contribution in [1.29, 1.82) is 0 Å². The molecule has 2 rings (SSSR count). The number of nitrogens with zero attached hydrogens (tertiary/aromatic N) is 1. The number of halogens is 1. The van der Waals surface area contributed by atoms with Crippen LogP contribution in [0.25, 0.3) is 0 Å². The van der Waals surface area contributed by atoms with Crippen LogP contribution in [0.2, 0.25) is 5.02 Å². The molecule has 0 aliphatic rings. The minimum atomic E-state index is -0.460. The quantitative estimate of drug-likeness (QED) is 0.621. The van der Waals surface area contributed by atoms with Crippen LogP contribution in [0.1, 0.15) is 5.56 Å². The second-order valence-electron chi connectivity index (χ2n) is 3.97. The van der Waals surface area contributed by atoms with Gasteiger partial charge >= 0.3 is 0 Å². The maximum absolute atomic E-state index is 10.8. The smallest absolute Gasteiger partial charge is 0.270 e. The minimum absolute atomic E-state index is 0.0106. The first-order valence-corrected chi connectivity index (χ1v) is 6.18. The summed E-state index contributed by atoms with van der Waals surface area (Å²) < 4.78 is 10.7. The molecule has 0 saturated heterocycles. The summed E-state index contributed by atoms with van der Waals surface area (Å²) in [5, 5.41) is 11.3. The zero-order chi connectivity index (χ0) is 14.5. The number of methoxy groups -OCH3 is 1. The largest absolute Gasteiger partial charge is 0.496 e. The van der Waals surface area contributed by atoms with E-state index in [0.717, 1.165) is 0 Å². The molecule has 0 N–H and O–H groups in total. The van der Waals surface area contributed by atoms with Gasteiger partial charge in [-0.25, -0.2) is 0 Å². The van der Waals surface area contributed by atoms with E-state index in [4.69, 9.17) is 21.1 Å². The first kappa shape index (κ1) is 14.1. The number of nitro groups is 1. The van der Waals surface area contributed by atoms with Crippen molar-refractivity contribution >= 4 is 17.3 Å². The maximum atomic E-state index is 10.8. The zero-order valence-electron chi connectivity index (χ0n) is 10.7. The summed E-state index contributed by atoms with van der Waals surface area (Å²) in [5.41, 5.74) is 0.574. The van der Waals surface area contributed by atoms with Crippen molar-refractivity contribution < 1.29 is 14.4 Å². The van der Waals surface area contributed by atoms with Crippen molar-refractivity contribution in [1.82, 2.24) is 0 Å². The molecule has 2 aromatic rings. The van der Waals surface area contributed by atoms with Gasteiger partial charge in [0.2, 0.25) is 0 Å². The van der Waals surface area contributed by atoms with Gasteiger partial charge in [0.25, 0.3) is 5.69 Å². The van der Waals surface area contributed by atoms with E-state index >= 15 is 0 Å². The van der Waals surface area contributed by atoms with Crippen LogP contribution >= 0.6 is 11.6 Å². The third-order valence-electron chi connectivity index (χ3n) is 2.69. The Labute approximate surface area is 120 Å². The number of hydrogen-bond acceptors (Lipinski definition) is 4. The van der Waals surface area contributed by atoms with Gasteiger partial charge in [-0.3, -0.25) is 10.1 Å². The molecule has 5 nitrogen and oxygen atoms in total. The van der Waals surface area contributed by atoms with Crippen molar-refractivity contribution in [3.8, 4) is 11.5 Å². The lowest BCUT2D eigenvalue weighted by Crippen LogP contribution is -2.00. The van der Waals surface area contributed by atoms with Crippen LogP contribution in [0.3, 0.4) is 0 Å². The lowest BCUT2D eigenvalue weighted by molar-refractivity contribution is -0.385. The van der Waals surface area contributed by atoms with E-state index in [2.05, 4.69) is 0 Å². The molecule has 0 fully saturated rings. The van der Waals surface area contributed by atoms with Gasteiger partial charge in [-0.1, -0.05) is 23.7 Å². The van der Waals surface area contributed by atoms with Crippen molar-refractivity contribution in [2.24, 2.45) is 0 Å². The van der Waals surface area contributed by atoms with E-state index in [0.29, 0.717) is 22.1 Å². The number of ether oxygens (including phenoxy) is 2. The van der Waals surface area contributed by atoms with E-state index in [1.807, 2.05) is 0 Å².